The molecule has 1 atom stereocenters. The molecule has 1 heterocycles. The predicted octanol–water partition coefficient (Wildman–Crippen LogP) is 1.03. The van der Waals surface area contributed by atoms with E-state index in [-0.39, 0.29) is 18.0 Å². The summed E-state index contributed by atoms with van der Waals surface area (Å²) in [6.45, 7) is 4.31. The minimum absolute atomic E-state index is 0.00708. The van der Waals surface area contributed by atoms with Crippen LogP contribution in [0.3, 0.4) is 0 Å². The van der Waals surface area contributed by atoms with Gasteiger partial charge < -0.3 is 15.0 Å². The first-order chi connectivity index (χ1) is 10.1. The van der Waals surface area contributed by atoms with Gasteiger partial charge in [-0.25, -0.2) is 4.39 Å². The van der Waals surface area contributed by atoms with Gasteiger partial charge in [-0.05, 0) is 19.1 Å². The maximum atomic E-state index is 13.7. The molecule has 1 fully saturated rings. The summed E-state index contributed by atoms with van der Waals surface area (Å²) in [5, 5.41) is 11.7. The third-order valence-corrected chi connectivity index (χ3v) is 3.47. The zero-order chi connectivity index (χ0) is 15.2. The standard InChI is InChI=1S/C15H18FN3O2/c1-11(15(20)19-4-6-21-7-5-19)18-10-13-3-2-12(9-17)8-14(13)16/h2-3,8,11,18H,4-7,10H2,1H3. The fourth-order valence-electron chi connectivity index (χ4n) is 2.17. The molecule has 0 aliphatic carbocycles. The van der Waals surface area contributed by atoms with Gasteiger partial charge in [0.25, 0.3) is 0 Å². The fourth-order valence-corrected chi connectivity index (χ4v) is 2.17. The highest BCUT2D eigenvalue weighted by atomic mass is 19.1. The Morgan fingerprint density at radius 1 is 1.52 bits per heavy atom. The van der Waals surface area contributed by atoms with Gasteiger partial charge in [-0.1, -0.05) is 6.07 Å². The maximum absolute atomic E-state index is 13.7. The quantitative estimate of drug-likeness (QED) is 0.900. The van der Waals surface area contributed by atoms with Crippen molar-refractivity contribution in [2.45, 2.75) is 19.5 Å². The van der Waals surface area contributed by atoms with Crippen LogP contribution in [-0.4, -0.2) is 43.2 Å². The van der Waals surface area contributed by atoms with Gasteiger partial charge in [-0.2, -0.15) is 5.26 Å². The first-order valence-corrected chi connectivity index (χ1v) is 6.90. The Balaban J connectivity index is 1.90. The van der Waals surface area contributed by atoms with Gasteiger partial charge >= 0.3 is 0 Å². The first kappa shape index (κ1) is 15.4. The van der Waals surface area contributed by atoms with Crippen LogP contribution in [0.5, 0.6) is 0 Å². The van der Waals surface area contributed by atoms with Crippen LogP contribution in [0.25, 0.3) is 0 Å². The van der Waals surface area contributed by atoms with Gasteiger partial charge in [-0.15, -0.1) is 0 Å². The van der Waals surface area contributed by atoms with E-state index >= 15 is 0 Å². The third kappa shape index (κ3) is 4.00. The lowest BCUT2D eigenvalue weighted by atomic mass is 10.1. The van der Waals surface area contributed by atoms with Crippen molar-refractivity contribution in [2.24, 2.45) is 0 Å². The molecule has 6 heteroatoms. The molecule has 1 aromatic rings. The van der Waals surface area contributed by atoms with E-state index in [1.54, 1.807) is 24.0 Å². The number of ether oxygens (including phenoxy) is 1. The molecule has 0 bridgehead atoms. The van der Waals surface area contributed by atoms with Crippen LogP contribution < -0.4 is 5.32 Å². The number of benzene rings is 1. The van der Waals surface area contributed by atoms with E-state index in [0.717, 1.165) is 0 Å². The molecule has 1 amide bonds. The Morgan fingerprint density at radius 3 is 2.86 bits per heavy atom. The van der Waals surface area contributed by atoms with Gasteiger partial charge in [0.1, 0.15) is 5.82 Å². The zero-order valence-corrected chi connectivity index (χ0v) is 11.9. The topological polar surface area (TPSA) is 65.4 Å². The zero-order valence-electron chi connectivity index (χ0n) is 11.9. The number of rotatable bonds is 4. The summed E-state index contributed by atoms with van der Waals surface area (Å²) in [6.07, 6.45) is 0. The summed E-state index contributed by atoms with van der Waals surface area (Å²) < 4.78 is 18.9. The lowest BCUT2D eigenvalue weighted by Gasteiger charge is -2.29. The van der Waals surface area contributed by atoms with E-state index in [4.69, 9.17) is 10.00 Å². The van der Waals surface area contributed by atoms with E-state index in [1.165, 1.54) is 6.07 Å². The number of nitrogens with one attached hydrogen (secondary N) is 1. The van der Waals surface area contributed by atoms with Crippen molar-refractivity contribution in [1.29, 1.82) is 5.26 Å². The SMILES string of the molecule is CC(NCc1ccc(C#N)cc1F)C(=O)N1CCOCC1. The van der Waals surface area contributed by atoms with Gasteiger partial charge in [0.05, 0.1) is 30.9 Å². The number of hydrogen-bond acceptors (Lipinski definition) is 4. The van der Waals surface area contributed by atoms with Crippen LogP contribution >= 0.6 is 0 Å². The molecule has 1 saturated heterocycles. The van der Waals surface area contributed by atoms with E-state index in [1.807, 2.05) is 6.07 Å². The summed E-state index contributed by atoms with van der Waals surface area (Å²) in [5.74, 6) is -0.445. The highest BCUT2D eigenvalue weighted by Gasteiger charge is 2.22. The van der Waals surface area contributed by atoms with Crippen LogP contribution in [0.2, 0.25) is 0 Å². The summed E-state index contributed by atoms with van der Waals surface area (Å²) in [7, 11) is 0. The molecule has 0 radical (unpaired) electrons. The van der Waals surface area contributed by atoms with Crippen molar-refractivity contribution >= 4 is 5.91 Å². The Labute approximate surface area is 123 Å². The highest BCUT2D eigenvalue weighted by Crippen LogP contribution is 2.10. The Hall–Kier alpha value is -1.97. The van der Waals surface area contributed by atoms with E-state index < -0.39 is 11.9 Å². The molecule has 1 aromatic carbocycles. The normalized spacial score (nSPS) is 16.3. The molecule has 2 rings (SSSR count). The summed E-state index contributed by atoms with van der Waals surface area (Å²) in [4.78, 5) is 13.9. The molecular weight excluding hydrogens is 273 g/mol. The molecule has 112 valence electrons. The summed E-state index contributed by atoms with van der Waals surface area (Å²) in [6, 6.07) is 5.82. The van der Waals surface area contributed by atoms with Crippen molar-refractivity contribution in [1.82, 2.24) is 10.2 Å². The molecule has 21 heavy (non-hydrogen) atoms. The molecule has 1 unspecified atom stereocenters. The number of nitriles is 1. The van der Waals surface area contributed by atoms with Crippen LogP contribution in [-0.2, 0) is 16.1 Å². The van der Waals surface area contributed by atoms with Crippen molar-refractivity contribution in [3.8, 4) is 6.07 Å². The maximum Gasteiger partial charge on any atom is 0.239 e. The van der Waals surface area contributed by atoms with Gasteiger partial charge in [0.15, 0.2) is 0 Å². The number of carbonyl (C=O) groups is 1. The van der Waals surface area contributed by atoms with Crippen molar-refractivity contribution in [3.05, 3.63) is 35.1 Å². The number of amides is 1. The molecule has 1 N–H and O–H groups in total. The average Bonchev–Trinajstić information content (AvgIpc) is 2.53. The molecule has 0 saturated carbocycles. The lowest BCUT2D eigenvalue weighted by molar-refractivity contribution is -0.137. The van der Waals surface area contributed by atoms with Crippen LogP contribution in [0, 0.1) is 17.1 Å². The molecule has 0 spiro atoms. The van der Waals surface area contributed by atoms with Crippen LogP contribution in [0.15, 0.2) is 18.2 Å². The van der Waals surface area contributed by atoms with Crippen LogP contribution in [0.4, 0.5) is 4.39 Å². The molecule has 1 aliphatic heterocycles. The predicted molar refractivity (Wildman–Crippen MR) is 74.8 cm³/mol. The second-order valence-corrected chi connectivity index (χ2v) is 4.96. The van der Waals surface area contributed by atoms with E-state index in [2.05, 4.69) is 5.32 Å². The number of morpholine rings is 1. The number of nitrogens with zero attached hydrogens (tertiary/aromatic N) is 2. The monoisotopic (exact) mass is 291 g/mol. The van der Waals surface area contributed by atoms with Crippen molar-refractivity contribution in [2.75, 3.05) is 26.3 Å². The minimum atomic E-state index is -0.437. The Bertz CT molecular complexity index is 550. The number of hydrogen-bond donors (Lipinski definition) is 1. The number of carbonyl (C=O) groups excluding carboxylic acids is 1. The Kier molecular flexibility index (Phi) is 5.26. The third-order valence-electron chi connectivity index (χ3n) is 3.47. The van der Waals surface area contributed by atoms with Crippen molar-refractivity contribution < 1.29 is 13.9 Å². The summed E-state index contributed by atoms with van der Waals surface area (Å²) >= 11 is 0. The second-order valence-electron chi connectivity index (χ2n) is 4.96. The highest BCUT2D eigenvalue weighted by molar-refractivity contribution is 5.81. The smallest absolute Gasteiger partial charge is 0.239 e. The Morgan fingerprint density at radius 2 is 2.24 bits per heavy atom. The minimum Gasteiger partial charge on any atom is -0.378 e. The van der Waals surface area contributed by atoms with E-state index in [0.29, 0.717) is 31.9 Å². The fraction of sp³-hybridized carbons (Fsp3) is 0.467. The molecule has 1 aliphatic rings. The van der Waals surface area contributed by atoms with Gasteiger partial charge in [0.2, 0.25) is 5.91 Å². The molecule has 5 nitrogen and oxygen atoms in total. The van der Waals surface area contributed by atoms with Gasteiger partial charge in [0, 0.05) is 25.2 Å². The van der Waals surface area contributed by atoms with Crippen molar-refractivity contribution in [3.63, 3.8) is 0 Å². The lowest BCUT2D eigenvalue weighted by Crippen LogP contribution is -2.49. The van der Waals surface area contributed by atoms with Crippen LogP contribution in [0.1, 0.15) is 18.1 Å². The second kappa shape index (κ2) is 7.16. The van der Waals surface area contributed by atoms with E-state index in [9.17, 15) is 9.18 Å². The van der Waals surface area contributed by atoms with Gasteiger partial charge in [-0.3, -0.25) is 4.79 Å². The average molecular weight is 291 g/mol. The number of halogens is 1. The first-order valence-electron chi connectivity index (χ1n) is 6.90. The molecular formula is C15H18FN3O2. The molecule has 0 aromatic heterocycles. The summed E-state index contributed by atoms with van der Waals surface area (Å²) in [5.41, 5.74) is 0.726. The largest absolute Gasteiger partial charge is 0.378 e.